The molecule has 0 spiro atoms. The van der Waals surface area contributed by atoms with Crippen LogP contribution in [0.25, 0.3) is 0 Å². The maximum Gasteiger partial charge on any atom is 0.115 e. The quantitative estimate of drug-likeness (QED) is 0.759. The van der Waals surface area contributed by atoms with E-state index in [4.69, 9.17) is 16.3 Å². The molecule has 1 aliphatic heterocycles. The minimum absolute atomic E-state index is 0.463. The highest BCUT2D eigenvalue weighted by Crippen LogP contribution is 2.34. The predicted octanol–water partition coefficient (Wildman–Crippen LogP) is 3.92. The summed E-state index contributed by atoms with van der Waals surface area (Å²) in [5, 5.41) is 4.14. The van der Waals surface area contributed by atoms with Gasteiger partial charge in [0, 0.05) is 44.4 Å². The van der Waals surface area contributed by atoms with Crippen LogP contribution in [-0.4, -0.2) is 44.2 Å². The number of hydrogen-bond donors (Lipinski definition) is 1. The molecule has 0 radical (unpaired) electrons. The Morgan fingerprint density at radius 3 is 2.32 bits per heavy atom. The van der Waals surface area contributed by atoms with Crippen molar-refractivity contribution in [3.63, 3.8) is 0 Å². The first-order valence-electron chi connectivity index (χ1n) is 9.07. The molecule has 0 saturated carbocycles. The molecule has 1 unspecified atom stereocenters. The van der Waals surface area contributed by atoms with E-state index in [1.165, 1.54) is 5.56 Å². The zero-order valence-corrected chi connectivity index (χ0v) is 15.6. The van der Waals surface area contributed by atoms with Crippen LogP contribution >= 0.6 is 11.6 Å². The topological polar surface area (TPSA) is 24.5 Å². The summed E-state index contributed by atoms with van der Waals surface area (Å²) >= 11 is 6.07. The summed E-state index contributed by atoms with van der Waals surface area (Å²) in [4.78, 5) is 2.50. The summed E-state index contributed by atoms with van der Waals surface area (Å²) in [6.45, 7) is 8.42. The summed E-state index contributed by atoms with van der Waals surface area (Å²) in [7, 11) is 0. The van der Waals surface area contributed by atoms with Gasteiger partial charge in [-0.1, -0.05) is 54.1 Å². The Balaban J connectivity index is 1.67. The van der Waals surface area contributed by atoms with Gasteiger partial charge in [0.1, 0.15) is 5.60 Å². The molecule has 0 aliphatic carbocycles. The maximum atomic E-state index is 6.45. The highest BCUT2D eigenvalue weighted by Gasteiger charge is 2.29. The Labute approximate surface area is 155 Å². The van der Waals surface area contributed by atoms with Gasteiger partial charge in [-0.3, -0.25) is 0 Å². The van der Waals surface area contributed by atoms with Crippen LogP contribution in [0.4, 0.5) is 0 Å². The number of hydrogen-bond acceptors (Lipinski definition) is 3. The highest BCUT2D eigenvalue weighted by atomic mass is 35.5. The number of benzene rings is 2. The van der Waals surface area contributed by atoms with Crippen molar-refractivity contribution in [3.05, 3.63) is 70.7 Å². The van der Waals surface area contributed by atoms with Crippen molar-refractivity contribution in [2.75, 3.05) is 39.3 Å². The molecule has 134 valence electrons. The first kappa shape index (κ1) is 18.4. The Hall–Kier alpha value is -1.39. The number of rotatable bonds is 7. The number of piperazine rings is 1. The maximum absolute atomic E-state index is 6.45. The van der Waals surface area contributed by atoms with Crippen LogP contribution in [0.2, 0.25) is 5.02 Å². The van der Waals surface area contributed by atoms with Crippen molar-refractivity contribution < 1.29 is 4.74 Å². The normalized spacial score (nSPS) is 18.0. The third-order valence-corrected chi connectivity index (χ3v) is 5.19. The Bertz CT molecular complexity index is 641. The highest BCUT2D eigenvalue weighted by molar-refractivity contribution is 6.30. The number of halogens is 1. The van der Waals surface area contributed by atoms with E-state index in [1.54, 1.807) is 0 Å². The standard InChI is InChI=1S/C21H27ClN2O/c1-21(18-6-3-2-4-7-18,19-8-10-20(22)11-9-19)25-17-5-14-24-15-12-23-13-16-24/h2-4,6-11,23H,5,12-17H2,1H3. The van der Waals surface area contributed by atoms with Crippen molar-refractivity contribution in [2.24, 2.45) is 0 Å². The summed E-state index contributed by atoms with van der Waals surface area (Å²) < 4.78 is 6.45. The summed E-state index contributed by atoms with van der Waals surface area (Å²) in [6.07, 6.45) is 1.04. The van der Waals surface area contributed by atoms with Crippen molar-refractivity contribution in [2.45, 2.75) is 18.9 Å². The third-order valence-electron chi connectivity index (χ3n) is 4.94. The monoisotopic (exact) mass is 358 g/mol. The smallest absolute Gasteiger partial charge is 0.115 e. The molecule has 1 fully saturated rings. The van der Waals surface area contributed by atoms with E-state index in [1.807, 2.05) is 18.2 Å². The second-order valence-corrected chi connectivity index (χ2v) is 7.14. The summed E-state index contributed by atoms with van der Waals surface area (Å²) in [5.74, 6) is 0. The number of nitrogens with one attached hydrogen (secondary N) is 1. The van der Waals surface area contributed by atoms with E-state index < -0.39 is 5.60 Å². The van der Waals surface area contributed by atoms with Crippen LogP contribution in [0, 0.1) is 0 Å². The zero-order valence-electron chi connectivity index (χ0n) is 14.9. The van der Waals surface area contributed by atoms with Gasteiger partial charge in [0.05, 0.1) is 0 Å². The van der Waals surface area contributed by atoms with Gasteiger partial charge >= 0.3 is 0 Å². The molecule has 0 bridgehead atoms. The fourth-order valence-electron chi connectivity index (χ4n) is 3.36. The summed E-state index contributed by atoms with van der Waals surface area (Å²) in [6, 6.07) is 18.4. The van der Waals surface area contributed by atoms with Gasteiger partial charge in [0.25, 0.3) is 0 Å². The molecule has 1 N–H and O–H groups in total. The molecule has 4 heteroatoms. The van der Waals surface area contributed by atoms with Gasteiger partial charge in [-0.05, 0) is 36.6 Å². The van der Waals surface area contributed by atoms with Crippen molar-refractivity contribution in [1.82, 2.24) is 10.2 Å². The van der Waals surface area contributed by atoms with Gasteiger partial charge < -0.3 is 15.0 Å². The zero-order chi connectivity index (χ0) is 17.5. The minimum Gasteiger partial charge on any atom is -0.366 e. The van der Waals surface area contributed by atoms with E-state index >= 15 is 0 Å². The van der Waals surface area contributed by atoms with Gasteiger partial charge in [-0.15, -0.1) is 0 Å². The molecule has 1 heterocycles. The molecule has 2 aromatic carbocycles. The fourth-order valence-corrected chi connectivity index (χ4v) is 3.48. The lowest BCUT2D eigenvalue weighted by molar-refractivity contribution is -0.00858. The van der Waals surface area contributed by atoms with Crippen molar-refractivity contribution >= 4 is 11.6 Å². The van der Waals surface area contributed by atoms with E-state index in [0.29, 0.717) is 0 Å². The molecule has 3 rings (SSSR count). The van der Waals surface area contributed by atoms with Gasteiger partial charge in [0.2, 0.25) is 0 Å². The fraction of sp³-hybridized carbons (Fsp3) is 0.429. The van der Waals surface area contributed by atoms with E-state index in [2.05, 4.69) is 53.5 Å². The van der Waals surface area contributed by atoms with E-state index in [0.717, 1.165) is 56.3 Å². The first-order chi connectivity index (χ1) is 12.2. The largest absolute Gasteiger partial charge is 0.366 e. The van der Waals surface area contributed by atoms with Crippen LogP contribution in [0.15, 0.2) is 54.6 Å². The predicted molar refractivity (Wildman–Crippen MR) is 104 cm³/mol. The van der Waals surface area contributed by atoms with Crippen LogP contribution in [-0.2, 0) is 10.3 Å². The average molecular weight is 359 g/mol. The van der Waals surface area contributed by atoms with Crippen LogP contribution in [0.5, 0.6) is 0 Å². The molecule has 3 nitrogen and oxygen atoms in total. The van der Waals surface area contributed by atoms with Crippen LogP contribution in [0.1, 0.15) is 24.5 Å². The second-order valence-electron chi connectivity index (χ2n) is 6.70. The van der Waals surface area contributed by atoms with Crippen LogP contribution < -0.4 is 5.32 Å². The minimum atomic E-state index is -0.463. The molecule has 2 aromatic rings. The number of nitrogens with zero attached hydrogens (tertiary/aromatic N) is 1. The number of ether oxygens (including phenoxy) is 1. The third kappa shape index (κ3) is 4.83. The molecule has 1 atom stereocenters. The molecular weight excluding hydrogens is 332 g/mol. The summed E-state index contributed by atoms with van der Waals surface area (Å²) in [5.41, 5.74) is 1.83. The first-order valence-corrected chi connectivity index (χ1v) is 9.45. The van der Waals surface area contributed by atoms with Gasteiger partial charge in [-0.2, -0.15) is 0 Å². The lowest BCUT2D eigenvalue weighted by Crippen LogP contribution is -2.44. The van der Waals surface area contributed by atoms with Crippen LogP contribution in [0.3, 0.4) is 0 Å². The van der Waals surface area contributed by atoms with Gasteiger partial charge in [0.15, 0.2) is 0 Å². The Kier molecular flexibility index (Phi) is 6.49. The molecule has 25 heavy (non-hydrogen) atoms. The lowest BCUT2D eigenvalue weighted by atomic mass is 9.88. The van der Waals surface area contributed by atoms with Gasteiger partial charge in [-0.25, -0.2) is 0 Å². The molecule has 0 amide bonds. The van der Waals surface area contributed by atoms with Crippen molar-refractivity contribution in [1.29, 1.82) is 0 Å². The van der Waals surface area contributed by atoms with E-state index in [9.17, 15) is 0 Å². The van der Waals surface area contributed by atoms with Crippen molar-refractivity contribution in [3.8, 4) is 0 Å². The Morgan fingerprint density at radius 2 is 1.64 bits per heavy atom. The van der Waals surface area contributed by atoms with E-state index in [-0.39, 0.29) is 0 Å². The molecular formula is C21H27ClN2O. The second kappa shape index (κ2) is 8.81. The lowest BCUT2D eigenvalue weighted by Gasteiger charge is -2.32. The average Bonchev–Trinajstić information content (AvgIpc) is 2.67. The SMILES string of the molecule is CC(OCCCN1CCNCC1)(c1ccccc1)c1ccc(Cl)cc1. The molecule has 1 aliphatic rings. The Morgan fingerprint density at radius 1 is 1.00 bits per heavy atom. The molecule has 1 saturated heterocycles. The molecule has 0 aromatic heterocycles.